The molecule has 0 aromatic rings. The molecule has 0 unspecified atom stereocenters. The van der Waals surface area contributed by atoms with Crippen molar-refractivity contribution in [2.45, 2.75) is 20.3 Å². The smallest absolute Gasteiger partial charge is 0.222 e. The number of carbonyl (C=O) groups is 1. The fraction of sp³-hybridized carbons (Fsp3) is 0.900. The fourth-order valence-corrected chi connectivity index (χ4v) is 0.866. The standard InChI is InChI=1S/C10H22N2O2/c1-9(2)10(13)12-5-4-7-14-8-6-11-3/h9,11H,4-8H2,1-3H3,(H,12,13). The van der Waals surface area contributed by atoms with Crippen LogP contribution in [0.5, 0.6) is 0 Å². The Bertz CT molecular complexity index is 149. The number of carbonyl (C=O) groups excluding carboxylic acids is 1. The van der Waals surface area contributed by atoms with Gasteiger partial charge in [0.25, 0.3) is 0 Å². The van der Waals surface area contributed by atoms with Gasteiger partial charge in [-0.25, -0.2) is 0 Å². The van der Waals surface area contributed by atoms with E-state index in [1.807, 2.05) is 20.9 Å². The maximum absolute atomic E-state index is 11.1. The van der Waals surface area contributed by atoms with Gasteiger partial charge in [-0.15, -0.1) is 0 Å². The minimum absolute atomic E-state index is 0.0696. The number of hydrogen-bond acceptors (Lipinski definition) is 3. The number of amides is 1. The number of hydrogen-bond donors (Lipinski definition) is 2. The molecule has 0 atom stereocenters. The van der Waals surface area contributed by atoms with E-state index in [1.54, 1.807) is 0 Å². The van der Waals surface area contributed by atoms with Crippen LogP contribution in [0.25, 0.3) is 0 Å². The second-order valence-electron chi connectivity index (χ2n) is 3.52. The third-order valence-electron chi connectivity index (χ3n) is 1.79. The summed E-state index contributed by atoms with van der Waals surface area (Å²) in [5, 5.41) is 5.84. The monoisotopic (exact) mass is 202 g/mol. The molecule has 4 heteroatoms. The van der Waals surface area contributed by atoms with Crippen molar-refractivity contribution in [3.8, 4) is 0 Å². The molecule has 84 valence electrons. The van der Waals surface area contributed by atoms with E-state index in [-0.39, 0.29) is 11.8 Å². The van der Waals surface area contributed by atoms with Gasteiger partial charge >= 0.3 is 0 Å². The molecule has 0 radical (unpaired) electrons. The SMILES string of the molecule is CNCCOCCCNC(=O)C(C)C. The first-order valence-electron chi connectivity index (χ1n) is 5.18. The topological polar surface area (TPSA) is 50.4 Å². The van der Waals surface area contributed by atoms with Crippen molar-refractivity contribution in [1.82, 2.24) is 10.6 Å². The lowest BCUT2D eigenvalue weighted by Gasteiger charge is -2.07. The summed E-state index contributed by atoms with van der Waals surface area (Å²) in [7, 11) is 1.90. The van der Waals surface area contributed by atoms with Gasteiger partial charge in [-0.1, -0.05) is 13.8 Å². The van der Waals surface area contributed by atoms with Crippen LogP contribution in [0, 0.1) is 5.92 Å². The number of likely N-dealkylation sites (N-methyl/N-ethyl adjacent to an activating group) is 1. The van der Waals surface area contributed by atoms with Gasteiger partial charge in [0.2, 0.25) is 5.91 Å². The highest BCUT2D eigenvalue weighted by molar-refractivity contribution is 5.77. The van der Waals surface area contributed by atoms with Crippen molar-refractivity contribution >= 4 is 5.91 Å². The van der Waals surface area contributed by atoms with Crippen molar-refractivity contribution in [3.05, 3.63) is 0 Å². The van der Waals surface area contributed by atoms with Gasteiger partial charge in [0.05, 0.1) is 6.61 Å². The molecular formula is C10H22N2O2. The van der Waals surface area contributed by atoms with Crippen molar-refractivity contribution in [2.24, 2.45) is 5.92 Å². The molecule has 0 spiro atoms. The maximum Gasteiger partial charge on any atom is 0.222 e. The largest absolute Gasteiger partial charge is 0.380 e. The zero-order valence-corrected chi connectivity index (χ0v) is 9.43. The Morgan fingerprint density at radius 2 is 2.00 bits per heavy atom. The molecule has 4 nitrogen and oxygen atoms in total. The quantitative estimate of drug-likeness (QED) is 0.560. The average Bonchev–Trinajstić information content (AvgIpc) is 2.16. The van der Waals surface area contributed by atoms with Crippen molar-refractivity contribution in [3.63, 3.8) is 0 Å². The third kappa shape index (κ3) is 8.01. The molecule has 0 aromatic heterocycles. The van der Waals surface area contributed by atoms with E-state index >= 15 is 0 Å². The molecule has 0 aliphatic heterocycles. The van der Waals surface area contributed by atoms with Crippen LogP contribution in [0.1, 0.15) is 20.3 Å². The Labute approximate surface area is 86.4 Å². The number of nitrogens with one attached hydrogen (secondary N) is 2. The molecule has 0 aliphatic carbocycles. The Hall–Kier alpha value is -0.610. The van der Waals surface area contributed by atoms with E-state index in [9.17, 15) is 4.79 Å². The molecule has 0 heterocycles. The van der Waals surface area contributed by atoms with Crippen LogP contribution in [0.2, 0.25) is 0 Å². The maximum atomic E-state index is 11.1. The molecule has 0 rings (SSSR count). The Morgan fingerprint density at radius 3 is 2.57 bits per heavy atom. The van der Waals surface area contributed by atoms with Crippen LogP contribution < -0.4 is 10.6 Å². The summed E-state index contributed by atoms with van der Waals surface area (Å²) in [6.45, 7) is 6.79. The summed E-state index contributed by atoms with van der Waals surface area (Å²) < 4.78 is 5.30. The minimum atomic E-state index is 0.0696. The van der Waals surface area contributed by atoms with Crippen LogP contribution in [-0.4, -0.2) is 39.3 Å². The van der Waals surface area contributed by atoms with E-state index in [0.717, 1.165) is 19.6 Å². The van der Waals surface area contributed by atoms with Crippen LogP contribution in [0.4, 0.5) is 0 Å². The first kappa shape index (κ1) is 13.4. The summed E-state index contributed by atoms with van der Waals surface area (Å²) in [5.41, 5.74) is 0. The Balaban J connectivity index is 3.10. The first-order valence-corrected chi connectivity index (χ1v) is 5.18. The molecule has 1 amide bonds. The van der Waals surface area contributed by atoms with E-state index in [0.29, 0.717) is 13.2 Å². The first-order chi connectivity index (χ1) is 6.68. The summed E-state index contributed by atoms with van der Waals surface area (Å²) in [5.74, 6) is 0.181. The van der Waals surface area contributed by atoms with E-state index in [2.05, 4.69) is 10.6 Å². The molecular weight excluding hydrogens is 180 g/mol. The van der Waals surface area contributed by atoms with Crippen molar-refractivity contribution < 1.29 is 9.53 Å². The molecule has 0 bridgehead atoms. The zero-order valence-electron chi connectivity index (χ0n) is 9.43. The predicted molar refractivity (Wildman–Crippen MR) is 57.2 cm³/mol. The highest BCUT2D eigenvalue weighted by atomic mass is 16.5. The van der Waals surface area contributed by atoms with Crippen LogP contribution in [0.15, 0.2) is 0 Å². The molecule has 14 heavy (non-hydrogen) atoms. The Morgan fingerprint density at radius 1 is 1.29 bits per heavy atom. The lowest BCUT2D eigenvalue weighted by atomic mass is 10.2. The van der Waals surface area contributed by atoms with Gasteiger partial charge in [0, 0.05) is 25.6 Å². The van der Waals surface area contributed by atoms with Crippen LogP contribution in [-0.2, 0) is 9.53 Å². The van der Waals surface area contributed by atoms with Crippen molar-refractivity contribution in [2.75, 3.05) is 33.4 Å². The van der Waals surface area contributed by atoms with E-state index < -0.39 is 0 Å². The second kappa shape index (κ2) is 8.97. The zero-order chi connectivity index (χ0) is 10.8. The summed E-state index contributed by atoms with van der Waals surface area (Å²) in [4.78, 5) is 11.1. The fourth-order valence-electron chi connectivity index (χ4n) is 0.866. The number of rotatable bonds is 8. The van der Waals surface area contributed by atoms with Gasteiger partial charge in [-0.3, -0.25) is 4.79 Å². The van der Waals surface area contributed by atoms with Crippen LogP contribution in [0.3, 0.4) is 0 Å². The van der Waals surface area contributed by atoms with Gasteiger partial charge in [-0.2, -0.15) is 0 Å². The lowest BCUT2D eigenvalue weighted by Crippen LogP contribution is -2.29. The summed E-state index contributed by atoms with van der Waals surface area (Å²) in [6, 6.07) is 0. The summed E-state index contributed by atoms with van der Waals surface area (Å²) in [6.07, 6.45) is 0.877. The van der Waals surface area contributed by atoms with Gasteiger partial charge in [0.1, 0.15) is 0 Å². The van der Waals surface area contributed by atoms with Crippen LogP contribution >= 0.6 is 0 Å². The van der Waals surface area contributed by atoms with E-state index in [4.69, 9.17) is 4.74 Å². The molecule has 0 aromatic carbocycles. The molecule has 0 fully saturated rings. The van der Waals surface area contributed by atoms with Gasteiger partial charge < -0.3 is 15.4 Å². The third-order valence-corrected chi connectivity index (χ3v) is 1.79. The highest BCUT2D eigenvalue weighted by Gasteiger charge is 2.04. The second-order valence-corrected chi connectivity index (χ2v) is 3.52. The molecule has 0 saturated carbocycles. The van der Waals surface area contributed by atoms with Crippen molar-refractivity contribution in [1.29, 1.82) is 0 Å². The Kier molecular flexibility index (Phi) is 8.57. The molecule has 0 aliphatic rings. The highest BCUT2D eigenvalue weighted by Crippen LogP contribution is 1.90. The minimum Gasteiger partial charge on any atom is -0.380 e. The molecule has 2 N–H and O–H groups in total. The lowest BCUT2D eigenvalue weighted by molar-refractivity contribution is -0.124. The summed E-state index contributed by atoms with van der Waals surface area (Å²) >= 11 is 0. The molecule has 0 saturated heterocycles. The average molecular weight is 202 g/mol. The van der Waals surface area contributed by atoms with Gasteiger partial charge in [0.15, 0.2) is 0 Å². The normalized spacial score (nSPS) is 10.6. The predicted octanol–water partition coefficient (Wildman–Crippen LogP) is 0.385. The van der Waals surface area contributed by atoms with E-state index in [1.165, 1.54) is 0 Å². The van der Waals surface area contributed by atoms with Gasteiger partial charge in [-0.05, 0) is 13.5 Å². The number of ether oxygens (including phenoxy) is 1.